The minimum absolute atomic E-state index is 0.0888. The maximum atomic E-state index is 13.0. The molecule has 1 aliphatic rings. The van der Waals surface area contributed by atoms with Crippen LogP contribution in [0.4, 0.5) is 15.8 Å². The molecule has 2 aromatic carbocycles. The first-order valence-electron chi connectivity index (χ1n) is 9.19. The highest BCUT2D eigenvalue weighted by molar-refractivity contribution is 7.80. The number of rotatable bonds is 4. The lowest BCUT2D eigenvalue weighted by atomic mass is 9.98. The summed E-state index contributed by atoms with van der Waals surface area (Å²) in [4.78, 5) is 2.46. The van der Waals surface area contributed by atoms with Crippen LogP contribution in [0.1, 0.15) is 38.3 Å². The molecule has 0 amide bonds. The molecule has 26 heavy (non-hydrogen) atoms. The quantitative estimate of drug-likeness (QED) is 0.731. The second kappa shape index (κ2) is 8.49. The van der Waals surface area contributed by atoms with Gasteiger partial charge in [-0.2, -0.15) is 0 Å². The van der Waals surface area contributed by atoms with Gasteiger partial charge in [0.1, 0.15) is 5.82 Å². The highest BCUT2D eigenvalue weighted by atomic mass is 32.1. The molecule has 0 aromatic heterocycles. The molecule has 0 spiro atoms. The van der Waals surface area contributed by atoms with E-state index in [1.807, 2.05) is 0 Å². The minimum Gasteiger partial charge on any atom is -0.372 e. The van der Waals surface area contributed by atoms with Crippen LogP contribution in [-0.2, 0) is 0 Å². The second-order valence-electron chi connectivity index (χ2n) is 7.09. The number of nitrogens with one attached hydrogen (secondary N) is 2. The van der Waals surface area contributed by atoms with Crippen LogP contribution in [0.5, 0.6) is 0 Å². The van der Waals surface area contributed by atoms with Gasteiger partial charge in [0.2, 0.25) is 0 Å². The fourth-order valence-electron chi connectivity index (χ4n) is 3.22. The average molecular weight is 372 g/mol. The Hall–Kier alpha value is -2.14. The number of hydrogen-bond donors (Lipinski definition) is 2. The van der Waals surface area contributed by atoms with Crippen molar-refractivity contribution in [3.8, 4) is 0 Å². The predicted molar refractivity (Wildman–Crippen MR) is 111 cm³/mol. The van der Waals surface area contributed by atoms with Crippen LogP contribution in [0, 0.1) is 11.7 Å². The van der Waals surface area contributed by atoms with E-state index in [9.17, 15) is 4.39 Å². The minimum atomic E-state index is -0.258. The van der Waals surface area contributed by atoms with Crippen molar-refractivity contribution < 1.29 is 4.39 Å². The van der Waals surface area contributed by atoms with Crippen molar-refractivity contribution in [2.75, 3.05) is 23.3 Å². The number of thiocarbonyl (C=S) groups is 1. The normalized spacial score (nSPS) is 16.2. The monoisotopic (exact) mass is 371 g/mol. The van der Waals surface area contributed by atoms with Crippen molar-refractivity contribution in [2.24, 2.45) is 5.92 Å². The molecule has 2 N–H and O–H groups in total. The van der Waals surface area contributed by atoms with E-state index < -0.39 is 0 Å². The number of hydrogen-bond acceptors (Lipinski definition) is 2. The molecular formula is C21H26FN3S. The van der Waals surface area contributed by atoms with Gasteiger partial charge >= 0.3 is 0 Å². The number of anilines is 2. The van der Waals surface area contributed by atoms with Gasteiger partial charge in [-0.25, -0.2) is 4.39 Å². The second-order valence-corrected chi connectivity index (χ2v) is 7.50. The molecule has 1 atom stereocenters. The van der Waals surface area contributed by atoms with Gasteiger partial charge < -0.3 is 15.5 Å². The molecular weight excluding hydrogens is 345 g/mol. The molecule has 5 heteroatoms. The molecule has 0 unspecified atom stereocenters. The third-order valence-corrected chi connectivity index (χ3v) is 5.21. The van der Waals surface area contributed by atoms with Gasteiger partial charge in [-0.1, -0.05) is 19.1 Å². The Balaban J connectivity index is 1.54. The third kappa shape index (κ3) is 4.94. The summed E-state index contributed by atoms with van der Waals surface area (Å²) >= 11 is 5.36. The fourth-order valence-corrected chi connectivity index (χ4v) is 3.52. The van der Waals surface area contributed by atoms with Crippen molar-refractivity contribution in [2.45, 2.75) is 32.7 Å². The maximum Gasteiger partial charge on any atom is 0.171 e. The third-order valence-electron chi connectivity index (χ3n) is 4.99. The molecule has 1 aliphatic heterocycles. The van der Waals surface area contributed by atoms with Crippen molar-refractivity contribution in [3.63, 3.8) is 0 Å². The van der Waals surface area contributed by atoms with Gasteiger partial charge in [0.05, 0.1) is 6.04 Å². The van der Waals surface area contributed by atoms with Crippen molar-refractivity contribution in [3.05, 3.63) is 59.9 Å². The molecule has 3 nitrogen and oxygen atoms in total. The van der Waals surface area contributed by atoms with Crippen LogP contribution >= 0.6 is 12.2 Å². The van der Waals surface area contributed by atoms with E-state index in [0.717, 1.165) is 24.7 Å². The number of benzene rings is 2. The van der Waals surface area contributed by atoms with E-state index in [1.165, 1.54) is 36.2 Å². The maximum absolute atomic E-state index is 13.0. The molecule has 0 saturated carbocycles. The summed E-state index contributed by atoms with van der Waals surface area (Å²) in [6.07, 6.45) is 2.53. The Morgan fingerprint density at radius 3 is 2.31 bits per heavy atom. The lowest BCUT2D eigenvalue weighted by molar-refractivity contribution is 0.438. The Morgan fingerprint density at radius 1 is 1.08 bits per heavy atom. The van der Waals surface area contributed by atoms with E-state index in [2.05, 4.69) is 53.6 Å². The Bertz CT molecular complexity index is 722. The Kier molecular flexibility index (Phi) is 6.09. The zero-order valence-electron chi connectivity index (χ0n) is 15.3. The summed E-state index contributed by atoms with van der Waals surface area (Å²) in [7, 11) is 0. The largest absolute Gasteiger partial charge is 0.372 e. The van der Waals surface area contributed by atoms with Gasteiger partial charge in [0, 0.05) is 24.5 Å². The van der Waals surface area contributed by atoms with Crippen molar-refractivity contribution in [1.29, 1.82) is 0 Å². The summed E-state index contributed by atoms with van der Waals surface area (Å²) in [6, 6.07) is 15.0. The van der Waals surface area contributed by atoms with Gasteiger partial charge in [-0.05, 0) is 79.9 Å². The molecule has 0 bridgehead atoms. The standard InChI is InChI=1S/C21H26FN3S/c1-15-11-13-25(14-12-15)20-9-3-17(4-10-20)16(2)23-21(26)24-19-7-5-18(22)6-8-19/h3-10,15-16H,11-14H2,1-2H3,(H2,23,24,26)/t16-/m0/s1. The molecule has 1 fully saturated rings. The van der Waals surface area contributed by atoms with E-state index in [0.29, 0.717) is 5.11 Å². The number of nitrogens with zero attached hydrogens (tertiary/aromatic N) is 1. The summed E-state index contributed by atoms with van der Waals surface area (Å²) in [5, 5.41) is 6.89. The molecule has 138 valence electrons. The fraction of sp³-hybridized carbons (Fsp3) is 0.381. The predicted octanol–water partition coefficient (Wildman–Crippen LogP) is 5.11. The molecule has 1 saturated heterocycles. The summed E-state index contributed by atoms with van der Waals surface area (Å²) in [5.41, 5.74) is 3.24. The zero-order valence-corrected chi connectivity index (χ0v) is 16.2. The summed E-state index contributed by atoms with van der Waals surface area (Å²) in [5.74, 6) is 0.579. The van der Waals surface area contributed by atoms with Crippen LogP contribution in [0.3, 0.4) is 0 Å². The van der Waals surface area contributed by atoms with E-state index in [1.54, 1.807) is 12.1 Å². The first-order valence-corrected chi connectivity index (χ1v) is 9.60. The van der Waals surface area contributed by atoms with Gasteiger partial charge in [-0.15, -0.1) is 0 Å². The molecule has 0 aliphatic carbocycles. The molecule has 3 rings (SSSR count). The first kappa shape index (κ1) is 18.6. The van der Waals surface area contributed by atoms with Crippen molar-refractivity contribution >= 4 is 28.7 Å². The average Bonchev–Trinajstić information content (AvgIpc) is 2.64. The van der Waals surface area contributed by atoms with Crippen LogP contribution in [0.15, 0.2) is 48.5 Å². The summed E-state index contributed by atoms with van der Waals surface area (Å²) < 4.78 is 13.0. The smallest absolute Gasteiger partial charge is 0.171 e. The van der Waals surface area contributed by atoms with Crippen LogP contribution in [-0.4, -0.2) is 18.2 Å². The van der Waals surface area contributed by atoms with Gasteiger partial charge in [0.25, 0.3) is 0 Å². The Labute approximate surface area is 160 Å². The van der Waals surface area contributed by atoms with E-state index in [4.69, 9.17) is 12.2 Å². The Morgan fingerprint density at radius 2 is 1.69 bits per heavy atom. The lowest BCUT2D eigenvalue weighted by Gasteiger charge is -2.32. The van der Waals surface area contributed by atoms with Crippen LogP contribution in [0.2, 0.25) is 0 Å². The molecule has 2 aromatic rings. The first-order chi connectivity index (χ1) is 12.5. The number of halogens is 1. The van der Waals surface area contributed by atoms with E-state index >= 15 is 0 Å². The highest BCUT2D eigenvalue weighted by Gasteiger charge is 2.16. The SMILES string of the molecule is CC1CCN(c2ccc([C@H](C)NC(=S)Nc3ccc(F)cc3)cc2)CC1. The van der Waals surface area contributed by atoms with Gasteiger partial charge in [0.15, 0.2) is 5.11 Å². The van der Waals surface area contributed by atoms with Crippen LogP contribution in [0.25, 0.3) is 0 Å². The van der Waals surface area contributed by atoms with Crippen molar-refractivity contribution in [1.82, 2.24) is 5.32 Å². The molecule has 1 heterocycles. The van der Waals surface area contributed by atoms with Crippen LogP contribution < -0.4 is 15.5 Å². The van der Waals surface area contributed by atoms with E-state index in [-0.39, 0.29) is 11.9 Å². The zero-order chi connectivity index (χ0) is 18.5. The molecule has 0 radical (unpaired) electrons. The topological polar surface area (TPSA) is 27.3 Å². The lowest BCUT2D eigenvalue weighted by Crippen LogP contribution is -2.33. The highest BCUT2D eigenvalue weighted by Crippen LogP contribution is 2.24. The number of piperidine rings is 1. The van der Waals surface area contributed by atoms with Gasteiger partial charge in [-0.3, -0.25) is 0 Å². The summed E-state index contributed by atoms with van der Waals surface area (Å²) in [6.45, 7) is 6.69.